The molecule has 3 amide bonds. The van der Waals surface area contributed by atoms with Crippen molar-refractivity contribution in [2.75, 3.05) is 29.9 Å². The first kappa shape index (κ1) is 27.9. The molecule has 9 heteroatoms. The molecule has 0 bridgehead atoms. The summed E-state index contributed by atoms with van der Waals surface area (Å²) in [5.41, 5.74) is 1.74. The van der Waals surface area contributed by atoms with Crippen LogP contribution in [0, 0.1) is 12.3 Å². The molecule has 3 heterocycles. The van der Waals surface area contributed by atoms with Gasteiger partial charge in [0.25, 0.3) is 11.5 Å². The van der Waals surface area contributed by atoms with E-state index in [2.05, 4.69) is 0 Å². The van der Waals surface area contributed by atoms with Gasteiger partial charge in [0, 0.05) is 45.0 Å². The van der Waals surface area contributed by atoms with Gasteiger partial charge in [-0.25, -0.2) is 0 Å². The fraction of sp³-hybridized carbons (Fsp3) is 0.312. The Balaban J connectivity index is 1.48. The van der Waals surface area contributed by atoms with Gasteiger partial charge in [0.1, 0.15) is 16.8 Å². The lowest BCUT2D eigenvalue weighted by molar-refractivity contribution is -0.137. The third kappa shape index (κ3) is 5.03. The average Bonchev–Trinajstić information content (AvgIpc) is 3.35. The summed E-state index contributed by atoms with van der Waals surface area (Å²) in [4.78, 5) is 58.1. The van der Waals surface area contributed by atoms with E-state index in [1.807, 2.05) is 43.3 Å². The monoisotopic (exact) mass is 554 g/mol. The molecule has 0 N–H and O–H groups in total. The number of pyridine rings is 1. The number of hydrogen-bond acceptors (Lipinski definition) is 5. The van der Waals surface area contributed by atoms with Gasteiger partial charge in [0.2, 0.25) is 11.8 Å². The molecule has 0 fully saturated rings. The maximum absolute atomic E-state index is 13.7. The Labute approximate surface area is 238 Å². The van der Waals surface area contributed by atoms with Crippen LogP contribution in [-0.4, -0.2) is 47.3 Å². The summed E-state index contributed by atoms with van der Waals surface area (Å²) in [6, 6.07) is 18.1. The van der Waals surface area contributed by atoms with Crippen molar-refractivity contribution in [2.45, 2.75) is 40.8 Å². The molecule has 2 aromatic heterocycles. The fourth-order valence-corrected chi connectivity index (χ4v) is 5.39. The molecule has 5 rings (SSSR count). The number of carbonyl (C=O) groups is 3. The maximum atomic E-state index is 13.7. The summed E-state index contributed by atoms with van der Waals surface area (Å²) < 4.78 is 7.16. The molecule has 9 nitrogen and oxygen atoms in total. The molecule has 0 radical (unpaired) electrons. The maximum Gasteiger partial charge on any atom is 0.261 e. The van der Waals surface area contributed by atoms with Crippen LogP contribution in [0.5, 0.6) is 0 Å². The Kier molecular flexibility index (Phi) is 7.29. The average molecular weight is 555 g/mol. The third-order valence-corrected chi connectivity index (χ3v) is 7.70. The molecule has 212 valence electrons. The molecule has 1 aliphatic heterocycles. The molecular formula is C32H34N4O5. The van der Waals surface area contributed by atoms with E-state index >= 15 is 0 Å². The van der Waals surface area contributed by atoms with Crippen molar-refractivity contribution in [3.63, 3.8) is 0 Å². The highest BCUT2D eigenvalue weighted by Crippen LogP contribution is 2.39. The Hall–Kier alpha value is -4.66. The van der Waals surface area contributed by atoms with Crippen LogP contribution in [0.25, 0.3) is 11.0 Å². The molecule has 41 heavy (non-hydrogen) atoms. The third-order valence-electron chi connectivity index (χ3n) is 7.70. The Morgan fingerprint density at radius 2 is 1.68 bits per heavy atom. The van der Waals surface area contributed by atoms with E-state index in [1.54, 1.807) is 72.6 Å². The Morgan fingerprint density at radius 1 is 0.951 bits per heavy atom. The van der Waals surface area contributed by atoms with Crippen LogP contribution in [0.1, 0.15) is 42.5 Å². The van der Waals surface area contributed by atoms with Crippen molar-refractivity contribution in [1.82, 2.24) is 9.47 Å². The van der Waals surface area contributed by atoms with Crippen molar-refractivity contribution in [3.05, 3.63) is 94.1 Å². The highest BCUT2D eigenvalue weighted by molar-refractivity contribution is 6.19. The highest BCUT2D eigenvalue weighted by Gasteiger charge is 2.45. The lowest BCUT2D eigenvalue weighted by Gasteiger charge is -2.27. The molecule has 1 aliphatic rings. The van der Waals surface area contributed by atoms with Gasteiger partial charge in [-0.1, -0.05) is 24.3 Å². The molecule has 4 aromatic rings. The number of aryl methyl sites for hydroxylation is 1. The van der Waals surface area contributed by atoms with E-state index in [-0.39, 0.29) is 42.9 Å². The molecule has 0 saturated carbocycles. The van der Waals surface area contributed by atoms with Gasteiger partial charge in [0.05, 0.1) is 16.8 Å². The first-order chi connectivity index (χ1) is 19.5. The van der Waals surface area contributed by atoms with E-state index in [1.165, 1.54) is 4.90 Å². The number of furan rings is 1. The quantitative estimate of drug-likeness (QED) is 0.311. The molecule has 2 aromatic carbocycles. The Bertz CT molecular complexity index is 1700. The van der Waals surface area contributed by atoms with Crippen molar-refractivity contribution < 1.29 is 18.8 Å². The summed E-state index contributed by atoms with van der Waals surface area (Å²) >= 11 is 0. The zero-order valence-electron chi connectivity index (χ0n) is 24.0. The largest absolute Gasteiger partial charge is 0.461 e. The lowest BCUT2D eigenvalue weighted by Crippen LogP contribution is -2.47. The summed E-state index contributed by atoms with van der Waals surface area (Å²) in [5.74, 6) is -0.0587. The zero-order chi connectivity index (χ0) is 29.5. The number of benzene rings is 2. The van der Waals surface area contributed by atoms with E-state index in [0.717, 1.165) is 5.56 Å². The normalized spacial score (nSPS) is 14.8. The molecular weight excluding hydrogens is 520 g/mol. The van der Waals surface area contributed by atoms with E-state index in [4.69, 9.17) is 4.42 Å². The second kappa shape index (κ2) is 10.7. The van der Waals surface area contributed by atoms with Gasteiger partial charge in [-0.2, -0.15) is 0 Å². The van der Waals surface area contributed by atoms with Gasteiger partial charge >= 0.3 is 0 Å². The van der Waals surface area contributed by atoms with Crippen LogP contribution in [0.4, 0.5) is 11.4 Å². The van der Waals surface area contributed by atoms with Crippen LogP contribution in [-0.2, 0) is 22.7 Å². The fourth-order valence-electron chi connectivity index (χ4n) is 5.39. The van der Waals surface area contributed by atoms with Crippen LogP contribution in [0.3, 0.4) is 0 Å². The number of rotatable bonds is 7. The van der Waals surface area contributed by atoms with E-state index < -0.39 is 5.41 Å². The molecule has 0 aliphatic carbocycles. The second-order valence-corrected chi connectivity index (χ2v) is 10.9. The number of amides is 3. The van der Waals surface area contributed by atoms with Gasteiger partial charge < -0.3 is 23.7 Å². The van der Waals surface area contributed by atoms with Gasteiger partial charge in [0.15, 0.2) is 0 Å². The SMILES string of the molecule is CCN1C(=O)C(C)(C)C(=O)N(C)c2cc(CN(CCn3ccc4oc(C)cc4c3=O)C(=O)c3ccccc3)ccc21. The first-order valence-electron chi connectivity index (χ1n) is 13.7. The summed E-state index contributed by atoms with van der Waals surface area (Å²) in [6.45, 7) is 8.19. The molecule has 0 saturated heterocycles. The van der Waals surface area contributed by atoms with Gasteiger partial charge in [-0.3, -0.25) is 19.2 Å². The second-order valence-electron chi connectivity index (χ2n) is 10.9. The van der Waals surface area contributed by atoms with E-state index in [9.17, 15) is 19.2 Å². The summed E-state index contributed by atoms with van der Waals surface area (Å²) in [5, 5.41) is 0.502. The van der Waals surface area contributed by atoms with Crippen LogP contribution >= 0.6 is 0 Å². The number of anilines is 2. The van der Waals surface area contributed by atoms with Crippen LogP contribution in [0.15, 0.2) is 76.1 Å². The summed E-state index contributed by atoms with van der Waals surface area (Å²) in [7, 11) is 1.67. The first-order valence-corrected chi connectivity index (χ1v) is 13.7. The minimum absolute atomic E-state index is 0.176. The molecule has 0 atom stereocenters. The highest BCUT2D eigenvalue weighted by atomic mass is 16.3. The predicted octanol–water partition coefficient (Wildman–Crippen LogP) is 4.60. The van der Waals surface area contributed by atoms with Crippen molar-refractivity contribution >= 4 is 40.1 Å². The number of fused-ring (bicyclic) bond motifs is 2. The molecule has 0 unspecified atom stereocenters. The molecule has 0 spiro atoms. The number of aromatic nitrogens is 1. The Morgan fingerprint density at radius 3 is 2.39 bits per heavy atom. The number of hydrogen-bond donors (Lipinski definition) is 0. The van der Waals surface area contributed by atoms with Crippen molar-refractivity contribution in [2.24, 2.45) is 5.41 Å². The topological polar surface area (TPSA) is 96.1 Å². The van der Waals surface area contributed by atoms with Gasteiger partial charge in [-0.05, 0) is 69.7 Å². The van der Waals surface area contributed by atoms with Crippen molar-refractivity contribution in [1.29, 1.82) is 0 Å². The number of nitrogens with zero attached hydrogens (tertiary/aromatic N) is 4. The number of carbonyl (C=O) groups excluding carboxylic acids is 3. The van der Waals surface area contributed by atoms with Crippen LogP contribution in [0.2, 0.25) is 0 Å². The standard InChI is InChI=1S/C32H34N4O5/c1-6-36-25-13-12-22(19-26(25)33(5)30(39)32(3,4)31(36)40)20-35(28(37)23-10-8-7-9-11-23)17-16-34-15-14-27-24(29(34)38)18-21(2)41-27/h7-15,18-19H,6,16-17,20H2,1-5H3. The lowest BCUT2D eigenvalue weighted by atomic mass is 9.90. The zero-order valence-corrected chi connectivity index (χ0v) is 24.0. The predicted molar refractivity (Wildman–Crippen MR) is 158 cm³/mol. The minimum Gasteiger partial charge on any atom is -0.461 e. The minimum atomic E-state index is -1.21. The van der Waals surface area contributed by atoms with Gasteiger partial charge in [-0.15, -0.1) is 0 Å². The smallest absolute Gasteiger partial charge is 0.261 e. The van der Waals surface area contributed by atoms with Crippen LogP contribution < -0.4 is 15.4 Å². The van der Waals surface area contributed by atoms with Crippen molar-refractivity contribution in [3.8, 4) is 0 Å². The van der Waals surface area contributed by atoms with E-state index in [0.29, 0.717) is 40.2 Å². The summed E-state index contributed by atoms with van der Waals surface area (Å²) in [6.07, 6.45) is 1.68.